The number of para-hydroxylation sites is 2. The van der Waals surface area contributed by atoms with Gasteiger partial charge < -0.3 is 9.13 Å². The van der Waals surface area contributed by atoms with E-state index in [9.17, 15) is 0 Å². The smallest absolute Gasteiger partial charge is 0.0632 e. The number of hydrogen-bond acceptors (Lipinski definition) is 0. The number of nitrogens with zero attached hydrogens (tertiary/aromatic N) is 2. The summed E-state index contributed by atoms with van der Waals surface area (Å²) in [6.45, 7) is 0. The van der Waals surface area contributed by atoms with Crippen LogP contribution in [0.2, 0.25) is 0 Å². The molecule has 1 aliphatic rings. The van der Waals surface area contributed by atoms with Gasteiger partial charge in [0, 0.05) is 38.3 Å². The minimum atomic E-state index is 0.225. The number of allylic oxidation sites excluding steroid dienone is 4. The lowest BCUT2D eigenvalue weighted by Gasteiger charge is -2.26. The summed E-state index contributed by atoms with van der Waals surface area (Å²) in [5, 5.41) is 7.64. The van der Waals surface area contributed by atoms with E-state index in [0.717, 1.165) is 6.42 Å². The van der Waals surface area contributed by atoms with Gasteiger partial charge in [-0.15, -0.1) is 0 Å². The first-order valence-electron chi connectivity index (χ1n) is 16.8. The van der Waals surface area contributed by atoms with E-state index in [4.69, 9.17) is 0 Å². The van der Waals surface area contributed by atoms with Crippen LogP contribution in [-0.4, -0.2) is 9.13 Å². The van der Waals surface area contributed by atoms with Crippen LogP contribution in [0.25, 0.3) is 76.8 Å². The second-order valence-corrected chi connectivity index (χ2v) is 12.9. The Hall–Kier alpha value is -6.12. The van der Waals surface area contributed by atoms with E-state index < -0.39 is 0 Å². The fourth-order valence-electron chi connectivity index (χ4n) is 8.05. The normalized spacial score (nSPS) is 14.8. The molecule has 10 rings (SSSR count). The third-order valence-corrected chi connectivity index (χ3v) is 10.3. The summed E-state index contributed by atoms with van der Waals surface area (Å²) in [4.78, 5) is 0. The Morgan fingerprint density at radius 2 is 1.04 bits per heavy atom. The number of rotatable bonds is 4. The molecule has 2 aromatic heterocycles. The summed E-state index contributed by atoms with van der Waals surface area (Å²) in [6, 6.07) is 58.2. The number of aromatic nitrogens is 2. The van der Waals surface area contributed by atoms with Gasteiger partial charge in [-0.25, -0.2) is 0 Å². The van der Waals surface area contributed by atoms with Crippen LogP contribution in [0.3, 0.4) is 0 Å². The van der Waals surface area contributed by atoms with Crippen LogP contribution >= 0.6 is 0 Å². The van der Waals surface area contributed by atoms with Crippen LogP contribution < -0.4 is 0 Å². The Morgan fingerprint density at radius 1 is 0.438 bits per heavy atom. The Balaban J connectivity index is 1.14. The molecule has 226 valence electrons. The second kappa shape index (κ2) is 10.7. The molecule has 1 atom stereocenters. The fourth-order valence-corrected chi connectivity index (χ4v) is 8.05. The zero-order chi connectivity index (χ0) is 31.6. The van der Waals surface area contributed by atoms with Gasteiger partial charge in [-0.1, -0.05) is 127 Å². The first kappa shape index (κ1) is 27.0. The van der Waals surface area contributed by atoms with Crippen molar-refractivity contribution >= 4 is 60.0 Å². The lowest BCUT2D eigenvalue weighted by Crippen LogP contribution is -2.12. The van der Waals surface area contributed by atoms with Crippen LogP contribution in [0.4, 0.5) is 0 Å². The molecule has 0 spiro atoms. The van der Waals surface area contributed by atoms with Crippen LogP contribution in [0.5, 0.6) is 0 Å². The molecule has 0 amide bonds. The predicted molar refractivity (Wildman–Crippen MR) is 204 cm³/mol. The molecule has 0 saturated carbocycles. The first-order chi connectivity index (χ1) is 23.8. The van der Waals surface area contributed by atoms with Crippen molar-refractivity contribution < 1.29 is 0 Å². The van der Waals surface area contributed by atoms with Gasteiger partial charge in [0.2, 0.25) is 0 Å². The Labute approximate surface area is 279 Å². The van der Waals surface area contributed by atoms with Crippen molar-refractivity contribution in [2.24, 2.45) is 0 Å². The lowest BCUT2D eigenvalue weighted by molar-refractivity contribution is 0.665. The highest BCUT2D eigenvalue weighted by Crippen LogP contribution is 2.42. The highest BCUT2D eigenvalue weighted by atomic mass is 15.0. The Morgan fingerprint density at radius 3 is 1.85 bits per heavy atom. The molecule has 2 heterocycles. The molecule has 7 aromatic carbocycles. The number of fused-ring (bicyclic) bond motifs is 7. The van der Waals surface area contributed by atoms with E-state index >= 15 is 0 Å². The maximum Gasteiger partial charge on any atom is 0.0632 e. The van der Waals surface area contributed by atoms with Gasteiger partial charge in [0.05, 0.1) is 17.1 Å². The van der Waals surface area contributed by atoms with Crippen molar-refractivity contribution in [3.63, 3.8) is 0 Å². The van der Waals surface area contributed by atoms with Gasteiger partial charge in [0.25, 0.3) is 0 Å². The Kier molecular flexibility index (Phi) is 6.04. The molecule has 0 bridgehead atoms. The van der Waals surface area contributed by atoms with Crippen molar-refractivity contribution in [1.82, 2.24) is 9.13 Å². The van der Waals surface area contributed by atoms with Crippen LogP contribution in [0.1, 0.15) is 18.0 Å². The summed E-state index contributed by atoms with van der Waals surface area (Å²) < 4.78 is 4.98. The molecule has 1 unspecified atom stereocenters. The average Bonchev–Trinajstić information content (AvgIpc) is 3.67. The molecule has 2 nitrogen and oxygen atoms in total. The molecular formula is C46H32N2. The molecule has 0 radical (unpaired) electrons. The summed E-state index contributed by atoms with van der Waals surface area (Å²) in [6.07, 6.45) is 7.77. The largest absolute Gasteiger partial charge is 0.332 e. The van der Waals surface area contributed by atoms with E-state index in [2.05, 4.69) is 185 Å². The summed E-state index contributed by atoms with van der Waals surface area (Å²) in [7, 11) is 0. The standard InChI is InChI=1S/C46H32N2/c1-2-13-32(14-3-1)37-16-6-9-19-42(37)48-44-21-11-8-18-39(44)41-30-35(24-27-46(41)48)34-23-26-45-40(29-34)38-17-7-10-20-43(38)47(45)36-25-22-31-12-4-5-15-33(31)28-36/h1-18,20-30,42H,19H2. The lowest BCUT2D eigenvalue weighted by atomic mass is 9.92. The fraction of sp³-hybridized carbons (Fsp3) is 0.0435. The molecule has 2 heteroatoms. The molecule has 0 N–H and O–H groups in total. The predicted octanol–water partition coefficient (Wildman–Crippen LogP) is 12.3. The molecule has 1 aliphatic carbocycles. The van der Waals surface area contributed by atoms with Crippen molar-refractivity contribution in [2.75, 3.05) is 0 Å². The summed E-state index contributed by atoms with van der Waals surface area (Å²) >= 11 is 0. The number of hydrogen-bond donors (Lipinski definition) is 0. The monoisotopic (exact) mass is 612 g/mol. The molecule has 48 heavy (non-hydrogen) atoms. The minimum absolute atomic E-state index is 0.225. The summed E-state index contributed by atoms with van der Waals surface area (Å²) in [5.74, 6) is 0. The molecule has 0 aliphatic heterocycles. The van der Waals surface area contributed by atoms with Gasteiger partial charge in [0.1, 0.15) is 0 Å². The van der Waals surface area contributed by atoms with Gasteiger partial charge in [-0.2, -0.15) is 0 Å². The highest BCUT2D eigenvalue weighted by Gasteiger charge is 2.24. The highest BCUT2D eigenvalue weighted by molar-refractivity contribution is 6.12. The zero-order valence-electron chi connectivity index (χ0n) is 26.4. The van der Waals surface area contributed by atoms with Gasteiger partial charge in [-0.05, 0) is 88.0 Å². The van der Waals surface area contributed by atoms with Gasteiger partial charge in [0.15, 0.2) is 0 Å². The van der Waals surface area contributed by atoms with Crippen molar-refractivity contribution in [1.29, 1.82) is 0 Å². The molecule has 9 aromatic rings. The van der Waals surface area contributed by atoms with Crippen molar-refractivity contribution in [3.8, 4) is 16.8 Å². The van der Waals surface area contributed by atoms with Crippen LogP contribution in [0.15, 0.2) is 176 Å². The third kappa shape index (κ3) is 4.13. The quantitative estimate of drug-likeness (QED) is 0.187. The van der Waals surface area contributed by atoms with Crippen molar-refractivity contribution in [2.45, 2.75) is 12.5 Å². The van der Waals surface area contributed by atoms with E-state index in [1.54, 1.807) is 0 Å². The SMILES string of the molecule is C1=CCC(n2c3ccccc3c3cc(-c4ccc5c(c4)c4ccccc4n5-c4ccc5ccccc5c4)ccc32)C(c2ccccc2)=C1. The first-order valence-corrected chi connectivity index (χ1v) is 16.8. The van der Waals surface area contributed by atoms with Gasteiger partial charge in [-0.3, -0.25) is 0 Å². The molecule has 0 fully saturated rings. The topological polar surface area (TPSA) is 9.86 Å². The van der Waals surface area contributed by atoms with E-state index in [1.807, 2.05) is 0 Å². The van der Waals surface area contributed by atoms with E-state index in [0.29, 0.717) is 0 Å². The van der Waals surface area contributed by atoms with E-state index in [1.165, 1.54) is 82.3 Å². The van der Waals surface area contributed by atoms with Crippen LogP contribution in [-0.2, 0) is 0 Å². The molecule has 0 saturated heterocycles. The Bertz CT molecular complexity index is 2750. The van der Waals surface area contributed by atoms with Crippen LogP contribution in [0, 0.1) is 0 Å². The zero-order valence-corrected chi connectivity index (χ0v) is 26.4. The summed E-state index contributed by atoms with van der Waals surface area (Å²) in [5.41, 5.74) is 11.3. The number of benzene rings is 7. The average molecular weight is 613 g/mol. The minimum Gasteiger partial charge on any atom is -0.332 e. The second-order valence-electron chi connectivity index (χ2n) is 12.9. The maximum absolute atomic E-state index is 2.57. The van der Waals surface area contributed by atoms with Gasteiger partial charge >= 0.3 is 0 Å². The molecular weight excluding hydrogens is 581 g/mol. The van der Waals surface area contributed by atoms with E-state index in [-0.39, 0.29) is 6.04 Å². The van der Waals surface area contributed by atoms with Crippen molar-refractivity contribution in [3.05, 3.63) is 182 Å². The third-order valence-electron chi connectivity index (χ3n) is 10.3. The maximum atomic E-state index is 2.57.